The minimum atomic E-state index is -0.511. The number of benzene rings is 1. The van der Waals surface area contributed by atoms with Gasteiger partial charge in [0.2, 0.25) is 11.8 Å². The predicted octanol–water partition coefficient (Wildman–Crippen LogP) is 1.87. The van der Waals surface area contributed by atoms with Crippen LogP contribution in [-0.4, -0.2) is 49.1 Å². The quantitative estimate of drug-likeness (QED) is 0.676. The third-order valence-corrected chi connectivity index (χ3v) is 4.09. The maximum atomic E-state index is 12.0. The van der Waals surface area contributed by atoms with Gasteiger partial charge in [-0.1, -0.05) is 19.1 Å². The van der Waals surface area contributed by atoms with Gasteiger partial charge in [0.1, 0.15) is 6.04 Å². The van der Waals surface area contributed by atoms with Crippen LogP contribution in [0.3, 0.4) is 0 Å². The van der Waals surface area contributed by atoms with Gasteiger partial charge in [0.05, 0.1) is 6.54 Å². The van der Waals surface area contributed by atoms with Gasteiger partial charge in [-0.25, -0.2) is 0 Å². The summed E-state index contributed by atoms with van der Waals surface area (Å²) < 4.78 is 0. The smallest absolute Gasteiger partial charge is 0.242 e. The number of rotatable bonds is 9. The molecule has 128 valence electrons. The fourth-order valence-electron chi connectivity index (χ4n) is 2.10. The zero-order chi connectivity index (χ0) is 17.2. The molecule has 6 heteroatoms. The lowest BCUT2D eigenvalue weighted by Gasteiger charge is -2.19. The van der Waals surface area contributed by atoms with Crippen LogP contribution >= 0.6 is 11.8 Å². The van der Waals surface area contributed by atoms with Crippen molar-refractivity contribution in [3.63, 3.8) is 0 Å². The molecular formula is C17H27N3O2S. The van der Waals surface area contributed by atoms with E-state index < -0.39 is 6.04 Å². The highest BCUT2D eigenvalue weighted by molar-refractivity contribution is 7.98. The third kappa shape index (κ3) is 7.52. The van der Waals surface area contributed by atoms with Crippen molar-refractivity contribution in [3.8, 4) is 0 Å². The van der Waals surface area contributed by atoms with Gasteiger partial charge in [0.15, 0.2) is 0 Å². The maximum Gasteiger partial charge on any atom is 0.242 e. The number of nitrogens with one attached hydrogen (secondary N) is 2. The van der Waals surface area contributed by atoms with Gasteiger partial charge in [-0.2, -0.15) is 0 Å². The van der Waals surface area contributed by atoms with Crippen LogP contribution in [0, 0.1) is 0 Å². The zero-order valence-corrected chi connectivity index (χ0v) is 15.2. The first-order valence-corrected chi connectivity index (χ1v) is 9.07. The van der Waals surface area contributed by atoms with Crippen molar-refractivity contribution in [2.45, 2.75) is 37.8 Å². The average molecular weight is 337 g/mol. The van der Waals surface area contributed by atoms with Crippen LogP contribution < -0.4 is 10.6 Å². The minimum absolute atomic E-state index is 0.143. The minimum Gasteiger partial charge on any atom is -0.354 e. The Labute approximate surface area is 143 Å². The second-order valence-electron chi connectivity index (χ2n) is 5.60. The molecule has 1 rings (SSSR count). The zero-order valence-electron chi connectivity index (χ0n) is 14.4. The summed E-state index contributed by atoms with van der Waals surface area (Å²) in [6, 6.07) is 7.79. The molecule has 0 saturated carbocycles. The summed E-state index contributed by atoms with van der Waals surface area (Å²) in [5.74, 6) is -0.289. The van der Waals surface area contributed by atoms with Crippen molar-refractivity contribution < 1.29 is 9.59 Å². The normalized spacial score (nSPS) is 12.0. The van der Waals surface area contributed by atoms with E-state index in [2.05, 4.69) is 34.9 Å². The maximum absolute atomic E-state index is 12.0. The van der Waals surface area contributed by atoms with E-state index in [1.54, 1.807) is 18.7 Å². The SMILES string of the molecule is CCCNC(=O)[C@@H](C)NC(=O)CN(C)Cc1ccc(SC)cc1. The Morgan fingerprint density at radius 2 is 1.91 bits per heavy atom. The summed E-state index contributed by atoms with van der Waals surface area (Å²) in [6.07, 6.45) is 2.92. The van der Waals surface area contributed by atoms with E-state index in [1.165, 1.54) is 4.90 Å². The van der Waals surface area contributed by atoms with Crippen molar-refractivity contribution in [2.75, 3.05) is 26.4 Å². The molecule has 1 aromatic carbocycles. The molecule has 0 aliphatic heterocycles. The number of nitrogens with zero attached hydrogens (tertiary/aromatic N) is 1. The van der Waals surface area contributed by atoms with Gasteiger partial charge < -0.3 is 10.6 Å². The second kappa shape index (κ2) is 10.3. The van der Waals surface area contributed by atoms with E-state index >= 15 is 0 Å². The van der Waals surface area contributed by atoms with Gasteiger partial charge >= 0.3 is 0 Å². The first kappa shape index (κ1) is 19.5. The Morgan fingerprint density at radius 3 is 2.48 bits per heavy atom. The van der Waals surface area contributed by atoms with E-state index in [9.17, 15) is 9.59 Å². The molecule has 0 fully saturated rings. The highest BCUT2D eigenvalue weighted by Crippen LogP contribution is 2.15. The molecule has 0 radical (unpaired) electrons. The van der Waals surface area contributed by atoms with Gasteiger partial charge in [0.25, 0.3) is 0 Å². The standard InChI is InChI=1S/C17H27N3O2S/c1-5-10-18-17(22)13(2)19-16(21)12-20(3)11-14-6-8-15(23-4)9-7-14/h6-9,13H,5,10-12H2,1-4H3,(H,18,22)(H,19,21)/t13-/m1/s1. The lowest BCUT2D eigenvalue weighted by atomic mass is 10.2. The average Bonchev–Trinajstić information content (AvgIpc) is 2.52. The van der Waals surface area contributed by atoms with Crippen LogP contribution in [0.2, 0.25) is 0 Å². The molecule has 0 bridgehead atoms. The van der Waals surface area contributed by atoms with Crippen LogP contribution in [0.15, 0.2) is 29.2 Å². The Balaban J connectivity index is 2.38. The molecule has 0 unspecified atom stereocenters. The van der Waals surface area contributed by atoms with Crippen molar-refractivity contribution in [1.29, 1.82) is 0 Å². The van der Waals surface area contributed by atoms with Crippen molar-refractivity contribution in [2.24, 2.45) is 0 Å². The highest BCUT2D eigenvalue weighted by Gasteiger charge is 2.15. The number of likely N-dealkylation sites (N-methyl/N-ethyl adjacent to an activating group) is 1. The van der Waals surface area contributed by atoms with Crippen LogP contribution in [0.1, 0.15) is 25.8 Å². The van der Waals surface area contributed by atoms with Crippen LogP contribution in [0.25, 0.3) is 0 Å². The highest BCUT2D eigenvalue weighted by atomic mass is 32.2. The predicted molar refractivity (Wildman–Crippen MR) is 95.5 cm³/mol. The van der Waals surface area contributed by atoms with Crippen molar-refractivity contribution >= 4 is 23.6 Å². The largest absolute Gasteiger partial charge is 0.354 e. The lowest BCUT2D eigenvalue weighted by Crippen LogP contribution is -2.47. The van der Waals surface area contributed by atoms with E-state index in [0.717, 1.165) is 12.0 Å². The summed E-state index contributed by atoms with van der Waals surface area (Å²) in [5, 5.41) is 5.50. The lowest BCUT2D eigenvalue weighted by molar-refractivity contribution is -0.129. The monoisotopic (exact) mass is 337 g/mol. The summed E-state index contributed by atoms with van der Waals surface area (Å²) in [7, 11) is 1.89. The Bertz CT molecular complexity index is 505. The molecule has 0 aliphatic carbocycles. The van der Waals surface area contributed by atoms with E-state index in [0.29, 0.717) is 13.1 Å². The Hall–Kier alpha value is -1.53. The van der Waals surface area contributed by atoms with Crippen LogP contribution in [0.4, 0.5) is 0 Å². The molecule has 0 aliphatic rings. The van der Waals surface area contributed by atoms with Gasteiger partial charge in [0, 0.05) is 18.0 Å². The third-order valence-electron chi connectivity index (χ3n) is 3.35. The van der Waals surface area contributed by atoms with Crippen molar-refractivity contribution in [3.05, 3.63) is 29.8 Å². The number of hydrogen-bond donors (Lipinski definition) is 2. The van der Waals surface area contributed by atoms with Crippen LogP contribution in [-0.2, 0) is 16.1 Å². The van der Waals surface area contributed by atoms with E-state index in [4.69, 9.17) is 0 Å². The van der Waals surface area contributed by atoms with Gasteiger partial charge in [-0.3, -0.25) is 14.5 Å². The van der Waals surface area contributed by atoms with Gasteiger partial charge in [-0.15, -0.1) is 11.8 Å². The Morgan fingerprint density at radius 1 is 1.26 bits per heavy atom. The Kier molecular flexibility index (Phi) is 8.73. The molecule has 1 atom stereocenters. The van der Waals surface area contributed by atoms with Crippen LogP contribution in [0.5, 0.6) is 0 Å². The fraction of sp³-hybridized carbons (Fsp3) is 0.529. The molecule has 0 heterocycles. The molecule has 23 heavy (non-hydrogen) atoms. The van der Waals surface area contributed by atoms with Gasteiger partial charge in [-0.05, 0) is 44.3 Å². The molecule has 2 amide bonds. The summed E-state index contributed by atoms with van der Waals surface area (Å²) in [5.41, 5.74) is 1.16. The molecule has 5 nitrogen and oxygen atoms in total. The molecule has 0 saturated heterocycles. The number of amides is 2. The summed E-state index contributed by atoms with van der Waals surface area (Å²) >= 11 is 1.71. The second-order valence-corrected chi connectivity index (χ2v) is 6.48. The molecule has 1 aromatic rings. The van der Waals surface area contributed by atoms with Crippen molar-refractivity contribution in [1.82, 2.24) is 15.5 Å². The number of carbonyl (C=O) groups is 2. The molecule has 2 N–H and O–H groups in total. The molecule has 0 spiro atoms. The number of hydrogen-bond acceptors (Lipinski definition) is 4. The topological polar surface area (TPSA) is 61.4 Å². The number of thioether (sulfide) groups is 1. The van der Waals surface area contributed by atoms with E-state index in [-0.39, 0.29) is 18.4 Å². The molecule has 0 aromatic heterocycles. The summed E-state index contributed by atoms with van der Waals surface area (Å²) in [4.78, 5) is 26.9. The first-order chi connectivity index (χ1) is 11.0. The number of carbonyl (C=O) groups excluding carboxylic acids is 2. The first-order valence-electron chi connectivity index (χ1n) is 7.84. The molecular weight excluding hydrogens is 310 g/mol. The van der Waals surface area contributed by atoms with E-state index in [1.807, 2.05) is 25.1 Å². The fourth-order valence-corrected chi connectivity index (χ4v) is 2.51. The summed E-state index contributed by atoms with van der Waals surface area (Å²) in [6.45, 7) is 5.27.